The van der Waals surface area contributed by atoms with Crippen LogP contribution in [0.5, 0.6) is 0 Å². The molecule has 1 aromatic heterocycles. The molecular formula is C11H19N3O2. The van der Waals surface area contributed by atoms with E-state index in [1.807, 2.05) is 24.7 Å². The number of hydrogen-bond donors (Lipinski definition) is 1. The second-order valence-corrected chi connectivity index (χ2v) is 3.86. The summed E-state index contributed by atoms with van der Waals surface area (Å²) in [5.74, 6) is -0.348. The lowest BCUT2D eigenvalue weighted by Gasteiger charge is -2.09. The molecule has 0 bridgehead atoms. The molecule has 0 aromatic carbocycles. The monoisotopic (exact) mass is 225 g/mol. The second kappa shape index (κ2) is 6.27. The second-order valence-electron chi connectivity index (χ2n) is 3.86. The first-order valence-electron chi connectivity index (χ1n) is 5.52. The van der Waals surface area contributed by atoms with Gasteiger partial charge in [-0.05, 0) is 6.42 Å². The first-order valence-corrected chi connectivity index (χ1v) is 5.52. The SMILES string of the molecule is CCCCOC(=O)C(N)Cc1cn(C)cn1. The van der Waals surface area contributed by atoms with Crippen molar-refractivity contribution >= 4 is 5.97 Å². The van der Waals surface area contributed by atoms with Crippen LogP contribution in [0.3, 0.4) is 0 Å². The molecule has 0 amide bonds. The van der Waals surface area contributed by atoms with E-state index in [4.69, 9.17) is 10.5 Å². The van der Waals surface area contributed by atoms with Crippen molar-refractivity contribution in [3.8, 4) is 0 Å². The fourth-order valence-corrected chi connectivity index (χ4v) is 1.31. The average molecular weight is 225 g/mol. The van der Waals surface area contributed by atoms with Gasteiger partial charge in [0.1, 0.15) is 6.04 Å². The van der Waals surface area contributed by atoms with Gasteiger partial charge in [-0.3, -0.25) is 4.79 Å². The average Bonchev–Trinajstić information content (AvgIpc) is 2.64. The molecule has 5 nitrogen and oxygen atoms in total. The quantitative estimate of drug-likeness (QED) is 0.569. The molecular weight excluding hydrogens is 206 g/mol. The number of nitrogens with zero attached hydrogens (tertiary/aromatic N) is 2. The molecule has 1 unspecified atom stereocenters. The molecule has 0 aliphatic carbocycles. The summed E-state index contributed by atoms with van der Waals surface area (Å²) in [6.45, 7) is 2.49. The number of nitrogens with two attached hydrogens (primary N) is 1. The molecule has 0 spiro atoms. The van der Waals surface area contributed by atoms with Crippen LogP contribution in [0.4, 0.5) is 0 Å². The summed E-state index contributed by atoms with van der Waals surface area (Å²) in [7, 11) is 1.88. The molecule has 90 valence electrons. The number of unbranched alkanes of at least 4 members (excludes halogenated alkanes) is 1. The Hall–Kier alpha value is -1.36. The highest BCUT2D eigenvalue weighted by Gasteiger charge is 2.16. The molecule has 0 fully saturated rings. The number of rotatable bonds is 6. The number of aromatic nitrogens is 2. The molecule has 0 saturated heterocycles. The Balaban J connectivity index is 2.34. The number of hydrogen-bond acceptors (Lipinski definition) is 4. The van der Waals surface area contributed by atoms with Crippen molar-refractivity contribution < 1.29 is 9.53 Å². The van der Waals surface area contributed by atoms with Crippen LogP contribution in [0.1, 0.15) is 25.5 Å². The van der Waals surface area contributed by atoms with E-state index in [1.54, 1.807) is 6.33 Å². The van der Waals surface area contributed by atoms with Gasteiger partial charge < -0.3 is 15.0 Å². The molecule has 0 aliphatic heterocycles. The minimum absolute atomic E-state index is 0.348. The first-order chi connectivity index (χ1) is 7.63. The summed E-state index contributed by atoms with van der Waals surface area (Å²) in [5, 5.41) is 0. The summed E-state index contributed by atoms with van der Waals surface area (Å²) < 4.78 is 6.85. The third kappa shape index (κ3) is 4.02. The van der Waals surface area contributed by atoms with E-state index >= 15 is 0 Å². The van der Waals surface area contributed by atoms with E-state index in [0.29, 0.717) is 13.0 Å². The van der Waals surface area contributed by atoms with E-state index in [2.05, 4.69) is 4.98 Å². The van der Waals surface area contributed by atoms with Gasteiger partial charge in [-0.25, -0.2) is 4.98 Å². The maximum atomic E-state index is 11.4. The van der Waals surface area contributed by atoms with Crippen LogP contribution >= 0.6 is 0 Å². The predicted molar refractivity (Wildman–Crippen MR) is 60.8 cm³/mol. The molecule has 0 aliphatic rings. The summed E-state index contributed by atoms with van der Waals surface area (Å²) in [4.78, 5) is 15.6. The number of carbonyl (C=O) groups is 1. The lowest BCUT2D eigenvalue weighted by atomic mass is 10.2. The highest BCUT2D eigenvalue weighted by Crippen LogP contribution is 2.00. The summed E-state index contributed by atoms with van der Waals surface area (Å²) in [5.41, 5.74) is 6.52. The zero-order valence-corrected chi connectivity index (χ0v) is 9.85. The summed E-state index contributed by atoms with van der Waals surface area (Å²) in [6.07, 6.45) is 5.83. The van der Waals surface area contributed by atoms with Gasteiger partial charge in [0.05, 0.1) is 18.6 Å². The third-order valence-corrected chi connectivity index (χ3v) is 2.23. The highest BCUT2D eigenvalue weighted by atomic mass is 16.5. The van der Waals surface area contributed by atoms with Crippen LogP contribution < -0.4 is 5.73 Å². The highest BCUT2D eigenvalue weighted by molar-refractivity contribution is 5.75. The Labute approximate surface area is 95.6 Å². The molecule has 1 atom stereocenters. The molecule has 0 saturated carbocycles. The predicted octanol–water partition coefficient (Wildman–Crippen LogP) is 0.633. The van der Waals surface area contributed by atoms with Gasteiger partial charge in [0, 0.05) is 19.7 Å². The van der Waals surface area contributed by atoms with Gasteiger partial charge >= 0.3 is 5.97 Å². The molecule has 0 radical (unpaired) electrons. The zero-order chi connectivity index (χ0) is 12.0. The van der Waals surface area contributed by atoms with Crippen LogP contribution in [0.25, 0.3) is 0 Å². The van der Waals surface area contributed by atoms with Gasteiger partial charge in [-0.2, -0.15) is 0 Å². The van der Waals surface area contributed by atoms with Crippen LogP contribution in [-0.4, -0.2) is 28.2 Å². The van der Waals surface area contributed by atoms with E-state index in [9.17, 15) is 4.79 Å². The minimum atomic E-state index is -0.619. The van der Waals surface area contributed by atoms with Crippen LogP contribution in [-0.2, 0) is 23.0 Å². The number of aryl methyl sites for hydroxylation is 1. The Bertz CT molecular complexity index is 336. The molecule has 5 heteroatoms. The zero-order valence-electron chi connectivity index (χ0n) is 9.85. The van der Waals surface area contributed by atoms with Gasteiger partial charge in [-0.1, -0.05) is 13.3 Å². The smallest absolute Gasteiger partial charge is 0.323 e. The van der Waals surface area contributed by atoms with Crippen molar-refractivity contribution in [2.75, 3.05) is 6.61 Å². The summed E-state index contributed by atoms with van der Waals surface area (Å²) >= 11 is 0. The minimum Gasteiger partial charge on any atom is -0.465 e. The van der Waals surface area contributed by atoms with Gasteiger partial charge in [0.25, 0.3) is 0 Å². The van der Waals surface area contributed by atoms with E-state index in [0.717, 1.165) is 18.5 Å². The Morgan fingerprint density at radius 3 is 3.00 bits per heavy atom. The maximum Gasteiger partial charge on any atom is 0.323 e. The lowest BCUT2D eigenvalue weighted by molar-refractivity contribution is -0.145. The summed E-state index contributed by atoms with van der Waals surface area (Å²) in [6, 6.07) is -0.619. The normalized spacial score (nSPS) is 12.4. The lowest BCUT2D eigenvalue weighted by Crippen LogP contribution is -2.34. The maximum absolute atomic E-state index is 11.4. The number of carbonyl (C=O) groups excluding carboxylic acids is 1. The topological polar surface area (TPSA) is 70.1 Å². The van der Waals surface area contributed by atoms with Crippen molar-refractivity contribution in [2.45, 2.75) is 32.2 Å². The van der Waals surface area contributed by atoms with Crippen LogP contribution in [0, 0.1) is 0 Å². The van der Waals surface area contributed by atoms with Crippen molar-refractivity contribution in [3.63, 3.8) is 0 Å². The molecule has 2 N–H and O–H groups in total. The van der Waals surface area contributed by atoms with Crippen molar-refractivity contribution in [3.05, 3.63) is 18.2 Å². The molecule has 1 aromatic rings. The third-order valence-electron chi connectivity index (χ3n) is 2.23. The Kier molecular flexibility index (Phi) is 4.98. The Morgan fingerprint density at radius 1 is 1.69 bits per heavy atom. The van der Waals surface area contributed by atoms with E-state index in [-0.39, 0.29) is 5.97 Å². The van der Waals surface area contributed by atoms with Crippen molar-refractivity contribution in [2.24, 2.45) is 12.8 Å². The van der Waals surface area contributed by atoms with Crippen LogP contribution in [0.15, 0.2) is 12.5 Å². The first kappa shape index (κ1) is 12.7. The fraction of sp³-hybridized carbons (Fsp3) is 0.636. The van der Waals surface area contributed by atoms with E-state index in [1.165, 1.54) is 0 Å². The fourth-order valence-electron chi connectivity index (χ4n) is 1.31. The van der Waals surface area contributed by atoms with Crippen molar-refractivity contribution in [1.29, 1.82) is 0 Å². The molecule has 1 heterocycles. The molecule has 1 rings (SSSR count). The van der Waals surface area contributed by atoms with Gasteiger partial charge in [-0.15, -0.1) is 0 Å². The molecule has 16 heavy (non-hydrogen) atoms. The Morgan fingerprint density at radius 2 is 2.44 bits per heavy atom. The standard InChI is InChI=1S/C11H19N3O2/c1-3-4-5-16-11(15)10(12)6-9-7-14(2)8-13-9/h7-8,10H,3-6,12H2,1-2H3. The number of ether oxygens (including phenoxy) is 1. The van der Waals surface area contributed by atoms with Crippen LogP contribution in [0.2, 0.25) is 0 Å². The van der Waals surface area contributed by atoms with Gasteiger partial charge in [0.2, 0.25) is 0 Å². The largest absolute Gasteiger partial charge is 0.465 e. The van der Waals surface area contributed by atoms with Crippen molar-refractivity contribution in [1.82, 2.24) is 9.55 Å². The van der Waals surface area contributed by atoms with Gasteiger partial charge in [0.15, 0.2) is 0 Å². The van der Waals surface area contributed by atoms with E-state index < -0.39 is 6.04 Å². The number of esters is 1. The number of imidazole rings is 1.